The quantitative estimate of drug-likeness (QED) is 0.315. The maximum absolute atomic E-state index is 5.54. The fourth-order valence-corrected chi connectivity index (χ4v) is 3.02. The number of halogens is 1. The molecule has 0 amide bonds. The van der Waals surface area contributed by atoms with Crippen LogP contribution in [0.3, 0.4) is 0 Å². The Kier molecular flexibility index (Phi) is 10.6. The third kappa shape index (κ3) is 6.69. The molecular formula is C22H32IN3O3. The molecule has 0 bridgehead atoms. The summed E-state index contributed by atoms with van der Waals surface area (Å²) in [6.45, 7) is 8.22. The minimum Gasteiger partial charge on any atom is -0.493 e. The fourth-order valence-electron chi connectivity index (χ4n) is 3.02. The highest BCUT2D eigenvalue weighted by Crippen LogP contribution is 2.39. The minimum atomic E-state index is 0. The standard InChI is InChI=1S/C22H31N3O3.HI/c1-7-23-22(24-13-17-9-8-15(2)12-16(17)3)25-14-18-10-11-19(26-4)21(28-6)20(18)27-5;/h8-12H,7,13-14H2,1-6H3,(H2,23,24,25);1H. The van der Waals surface area contributed by atoms with Gasteiger partial charge in [0, 0.05) is 18.7 Å². The lowest BCUT2D eigenvalue weighted by atomic mass is 10.1. The summed E-state index contributed by atoms with van der Waals surface area (Å²) in [5, 5.41) is 6.68. The summed E-state index contributed by atoms with van der Waals surface area (Å²) in [7, 11) is 4.83. The molecule has 2 aromatic carbocycles. The maximum atomic E-state index is 5.54. The molecule has 0 saturated carbocycles. The number of nitrogens with zero attached hydrogens (tertiary/aromatic N) is 1. The Morgan fingerprint density at radius 2 is 1.59 bits per heavy atom. The molecule has 0 aliphatic heterocycles. The van der Waals surface area contributed by atoms with E-state index in [0.717, 1.165) is 18.1 Å². The van der Waals surface area contributed by atoms with E-state index in [1.807, 2.05) is 19.1 Å². The predicted octanol–water partition coefficient (Wildman–Crippen LogP) is 4.20. The Hall–Kier alpha value is -2.16. The van der Waals surface area contributed by atoms with E-state index in [-0.39, 0.29) is 24.0 Å². The van der Waals surface area contributed by atoms with Crippen LogP contribution in [0.4, 0.5) is 0 Å². The highest BCUT2D eigenvalue weighted by molar-refractivity contribution is 14.0. The third-order valence-electron chi connectivity index (χ3n) is 4.48. The minimum absolute atomic E-state index is 0. The van der Waals surface area contributed by atoms with E-state index in [1.165, 1.54) is 16.7 Å². The highest BCUT2D eigenvalue weighted by atomic mass is 127. The Morgan fingerprint density at radius 3 is 2.17 bits per heavy atom. The molecule has 2 N–H and O–H groups in total. The van der Waals surface area contributed by atoms with Crippen LogP contribution in [-0.4, -0.2) is 33.8 Å². The van der Waals surface area contributed by atoms with Crippen LogP contribution in [-0.2, 0) is 13.1 Å². The molecule has 2 rings (SSSR count). The summed E-state index contributed by atoms with van der Waals surface area (Å²) < 4.78 is 16.3. The molecule has 7 heteroatoms. The Bertz CT molecular complexity index is 825. The zero-order valence-electron chi connectivity index (χ0n) is 18.1. The number of nitrogens with one attached hydrogen (secondary N) is 2. The number of methoxy groups -OCH3 is 3. The van der Waals surface area contributed by atoms with Crippen molar-refractivity contribution in [1.82, 2.24) is 10.6 Å². The zero-order chi connectivity index (χ0) is 20.5. The van der Waals surface area contributed by atoms with Gasteiger partial charge in [-0.15, -0.1) is 24.0 Å². The monoisotopic (exact) mass is 513 g/mol. The van der Waals surface area contributed by atoms with E-state index >= 15 is 0 Å². The molecule has 0 unspecified atom stereocenters. The lowest BCUT2D eigenvalue weighted by Crippen LogP contribution is -2.37. The van der Waals surface area contributed by atoms with E-state index in [4.69, 9.17) is 19.2 Å². The molecule has 160 valence electrons. The van der Waals surface area contributed by atoms with Crippen molar-refractivity contribution >= 4 is 29.9 Å². The molecule has 0 spiro atoms. The van der Waals surface area contributed by atoms with Crippen LogP contribution in [0.25, 0.3) is 0 Å². The van der Waals surface area contributed by atoms with Gasteiger partial charge < -0.3 is 24.8 Å². The van der Waals surface area contributed by atoms with Crippen LogP contribution in [0.15, 0.2) is 35.3 Å². The van der Waals surface area contributed by atoms with Crippen molar-refractivity contribution < 1.29 is 14.2 Å². The first kappa shape index (κ1) is 24.9. The van der Waals surface area contributed by atoms with E-state index < -0.39 is 0 Å². The predicted molar refractivity (Wildman–Crippen MR) is 129 cm³/mol. The van der Waals surface area contributed by atoms with Crippen molar-refractivity contribution in [2.45, 2.75) is 33.9 Å². The summed E-state index contributed by atoms with van der Waals surface area (Å²) in [5.74, 6) is 2.59. The summed E-state index contributed by atoms with van der Waals surface area (Å²) in [6, 6.07) is 10.3. The van der Waals surface area contributed by atoms with E-state index in [2.05, 4.69) is 42.7 Å². The van der Waals surface area contributed by atoms with Gasteiger partial charge in [0.25, 0.3) is 0 Å². The second-order valence-corrected chi connectivity index (χ2v) is 6.47. The lowest BCUT2D eigenvalue weighted by Gasteiger charge is -2.16. The van der Waals surface area contributed by atoms with Gasteiger partial charge in [0.15, 0.2) is 17.5 Å². The van der Waals surface area contributed by atoms with Crippen LogP contribution in [0.5, 0.6) is 17.2 Å². The SMILES string of the molecule is CCNC(=NCc1ccc(OC)c(OC)c1OC)NCc1ccc(C)cc1C.I. The third-order valence-corrected chi connectivity index (χ3v) is 4.48. The van der Waals surface area contributed by atoms with Gasteiger partial charge in [-0.2, -0.15) is 0 Å². The molecule has 0 atom stereocenters. The average Bonchev–Trinajstić information content (AvgIpc) is 2.70. The number of aryl methyl sites for hydroxylation is 2. The normalized spacial score (nSPS) is 10.8. The number of rotatable bonds is 8. The highest BCUT2D eigenvalue weighted by Gasteiger charge is 2.15. The molecule has 0 heterocycles. The van der Waals surface area contributed by atoms with Crippen LogP contribution in [0, 0.1) is 13.8 Å². The molecule has 0 radical (unpaired) electrons. The molecule has 0 fully saturated rings. The van der Waals surface area contributed by atoms with Crippen LogP contribution in [0.1, 0.15) is 29.2 Å². The largest absolute Gasteiger partial charge is 0.493 e. The summed E-state index contributed by atoms with van der Waals surface area (Å²) >= 11 is 0. The van der Waals surface area contributed by atoms with Crippen LogP contribution >= 0.6 is 24.0 Å². The van der Waals surface area contributed by atoms with E-state index in [0.29, 0.717) is 30.3 Å². The first-order valence-corrected chi connectivity index (χ1v) is 9.40. The van der Waals surface area contributed by atoms with E-state index in [9.17, 15) is 0 Å². The first-order chi connectivity index (χ1) is 13.5. The van der Waals surface area contributed by atoms with Crippen molar-refractivity contribution in [3.63, 3.8) is 0 Å². The Balaban J connectivity index is 0.00000420. The van der Waals surface area contributed by atoms with E-state index in [1.54, 1.807) is 21.3 Å². The van der Waals surface area contributed by atoms with Gasteiger partial charge in [-0.1, -0.05) is 23.8 Å². The number of guanidine groups is 1. The molecule has 0 aromatic heterocycles. The number of ether oxygens (including phenoxy) is 3. The van der Waals surface area contributed by atoms with Crippen molar-refractivity contribution in [2.75, 3.05) is 27.9 Å². The van der Waals surface area contributed by atoms with Gasteiger partial charge in [-0.25, -0.2) is 4.99 Å². The van der Waals surface area contributed by atoms with Crippen molar-refractivity contribution in [3.8, 4) is 17.2 Å². The van der Waals surface area contributed by atoms with Gasteiger partial charge in [0.1, 0.15) is 0 Å². The smallest absolute Gasteiger partial charge is 0.203 e. The second-order valence-electron chi connectivity index (χ2n) is 6.47. The summed E-state index contributed by atoms with van der Waals surface area (Å²) in [5.41, 5.74) is 4.70. The maximum Gasteiger partial charge on any atom is 0.203 e. The van der Waals surface area contributed by atoms with Crippen molar-refractivity contribution in [2.24, 2.45) is 4.99 Å². The molecule has 0 saturated heterocycles. The summed E-state index contributed by atoms with van der Waals surface area (Å²) in [4.78, 5) is 4.70. The summed E-state index contributed by atoms with van der Waals surface area (Å²) in [6.07, 6.45) is 0. The molecular weight excluding hydrogens is 481 g/mol. The zero-order valence-corrected chi connectivity index (χ0v) is 20.4. The number of hydrogen-bond acceptors (Lipinski definition) is 4. The second kappa shape index (κ2) is 12.4. The van der Waals surface area contributed by atoms with Crippen molar-refractivity contribution in [3.05, 3.63) is 52.6 Å². The molecule has 29 heavy (non-hydrogen) atoms. The van der Waals surface area contributed by atoms with Crippen molar-refractivity contribution in [1.29, 1.82) is 0 Å². The van der Waals surface area contributed by atoms with Gasteiger partial charge in [0.2, 0.25) is 5.75 Å². The molecule has 2 aromatic rings. The number of aliphatic imine (C=N–C) groups is 1. The Labute approximate surface area is 191 Å². The molecule has 6 nitrogen and oxygen atoms in total. The molecule has 0 aliphatic carbocycles. The van der Waals surface area contributed by atoms with Crippen LogP contribution in [0.2, 0.25) is 0 Å². The topological polar surface area (TPSA) is 64.1 Å². The Morgan fingerprint density at radius 1 is 0.897 bits per heavy atom. The fraction of sp³-hybridized carbons (Fsp3) is 0.409. The van der Waals surface area contributed by atoms with Crippen LogP contribution < -0.4 is 24.8 Å². The lowest BCUT2D eigenvalue weighted by molar-refractivity contribution is 0.322. The first-order valence-electron chi connectivity index (χ1n) is 9.40. The molecule has 0 aliphatic rings. The van der Waals surface area contributed by atoms with Gasteiger partial charge in [-0.05, 0) is 44.0 Å². The van der Waals surface area contributed by atoms with Gasteiger partial charge in [0.05, 0.1) is 27.9 Å². The number of benzene rings is 2. The van der Waals surface area contributed by atoms with Gasteiger partial charge >= 0.3 is 0 Å². The number of hydrogen-bond donors (Lipinski definition) is 2. The van der Waals surface area contributed by atoms with Gasteiger partial charge in [-0.3, -0.25) is 0 Å². The average molecular weight is 513 g/mol.